The number of carbonyl (C=O) groups excluding carboxylic acids is 1. The molecule has 2 rings (SSSR count). The van der Waals surface area contributed by atoms with Crippen LogP contribution in [0.15, 0.2) is 24.3 Å². The smallest absolute Gasteiger partial charge is 0.387 e. The zero-order valence-corrected chi connectivity index (χ0v) is 14.8. The number of methoxy groups -OCH3 is 1. The van der Waals surface area contributed by atoms with Crippen LogP contribution in [0.25, 0.3) is 0 Å². The van der Waals surface area contributed by atoms with Crippen molar-refractivity contribution < 1.29 is 23.0 Å². The quantitative estimate of drug-likeness (QED) is 0.892. The lowest BCUT2D eigenvalue weighted by atomic mass is 9.92. The number of nitrogens with zero attached hydrogens (tertiary/aromatic N) is 2. The fraction of sp³-hybridized carbons (Fsp3) is 0.412. The van der Waals surface area contributed by atoms with Gasteiger partial charge >= 0.3 is 6.61 Å². The van der Waals surface area contributed by atoms with E-state index in [0.29, 0.717) is 5.82 Å². The lowest BCUT2D eigenvalue weighted by molar-refractivity contribution is -0.0512. The minimum atomic E-state index is -2.97. The highest BCUT2D eigenvalue weighted by Crippen LogP contribution is 2.30. The van der Waals surface area contributed by atoms with Crippen LogP contribution in [0.1, 0.15) is 36.8 Å². The molecule has 1 amide bonds. The van der Waals surface area contributed by atoms with Crippen molar-refractivity contribution in [3.8, 4) is 11.5 Å². The summed E-state index contributed by atoms with van der Waals surface area (Å²) in [6.45, 7) is 3.09. The average molecular weight is 353 g/mol. The van der Waals surface area contributed by atoms with Gasteiger partial charge in [-0.1, -0.05) is 20.8 Å². The van der Waals surface area contributed by atoms with Crippen LogP contribution in [0.2, 0.25) is 0 Å². The molecule has 1 aromatic heterocycles. The van der Waals surface area contributed by atoms with Crippen LogP contribution in [0, 0.1) is 0 Å². The predicted octanol–water partition coefficient (Wildman–Crippen LogP) is 3.58. The van der Waals surface area contributed by atoms with E-state index in [2.05, 4.69) is 15.2 Å². The van der Waals surface area contributed by atoms with E-state index < -0.39 is 12.5 Å². The van der Waals surface area contributed by atoms with Gasteiger partial charge in [0.05, 0.1) is 12.8 Å². The van der Waals surface area contributed by atoms with Crippen LogP contribution in [0.3, 0.4) is 0 Å². The fourth-order valence-corrected chi connectivity index (χ4v) is 2.14. The Morgan fingerprint density at radius 1 is 1.24 bits per heavy atom. The second kappa shape index (κ2) is 7.08. The van der Waals surface area contributed by atoms with Gasteiger partial charge in [0.1, 0.15) is 5.82 Å². The van der Waals surface area contributed by atoms with Gasteiger partial charge in [-0.3, -0.25) is 9.48 Å². The van der Waals surface area contributed by atoms with Crippen molar-refractivity contribution in [2.24, 2.45) is 7.05 Å². The standard InChI is InChI=1S/C17H21F2N3O3/c1-17(2,3)13-9-14(22(4)21-13)20-15(23)10-6-7-11(25-16(18)19)12(8-10)24-5/h6-9,16H,1-5H3,(H,20,23). The summed E-state index contributed by atoms with van der Waals surface area (Å²) in [5.41, 5.74) is 0.929. The lowest BCUT2D eigenvalue weighted by Crippen LogP contribution is -2.15. The van der Waals surface area contributed by atoms with Gasteiger partial charge in [0.15, 0.2) is 11.5 Å². The number of hydrogen-bond donors (Lipinski definition) is 1. The molecule has 1 aromatic carbocycles. The fourth-order valence-electron chi connectivity index (χ4n) is 2.14. The summed E-state index contributed by atoms with van der Waals surface area (Å²) in [6.07, 6.45) is 0. The van der Waals surface area contributed by atoms with Crippen LogP contribution in [0.4, 0.5) is 14.6 Å². The van der Waals surface area contributed by atoms with Gasteiger partial charge in [0, 0.05) is 24.1 Å². The monoisotopic (exact) mass is 353 g/mol. The normalized spacial score (nSPS) is 11.5. The first-order valence-electron chi connectivity index (χ1n) is 7.60. The van der Waals surface area contributed by atoms with Crippen LogP contribution in [-0.2, 0) is 12.5 Å². The topological polar surface area (TPSA) is 65.4 Å². The number of halogens is 2. The number of carbonyl (C=O) groups is 1. The van der Waals surface area contributed by atoms with Crippen LogP contribution in [-0.4, -0.2) is 29.4 Å². The number of amides is 1. The first kappa shape index (κ1) is 18.7. The summed E-state index contributed by atoms with van der Waals surface area (Å²) in [5, 5.41) is 7.13. The number of nitrogens with one attached hydrogen (secondary N) is 1. The molecule has 1 heterocycles. The second-order valence-corrected chi connectivity index (χ2v) is 6.49. The number of aryl methyl sites for hydroxylation is 1. The third kappa shape index (κ3) is 4.46. The third-order valence-corrected chi connectivity index (χ3v) is 3.53. The van der Waals surface area contributed by atoms with Gasteiger partial charge in [0.25, 0.3) is 5.91 Å². The van der Waals surface area contributed by atoms with Gasteiger partial charge in [0.2, 0.25) is 0 Å². The Kier molecular flexibility index (Phi) is 5.30. The molecule has 0 aliphatic carbocycles. The van der Waals surface area contributed by atoms with Crippen molar-refractivity contribution in [2.45, 2.75) is 32.8 Å². The van der Waals surface area contributed by atoms with Crippen LogP contribution >= 0.6 is 0 Å². The van der Waals surface area contributed by atoms with Crippen molar-refractivity contribution in [1.29, 1.82) is 0 Å². The molecular formula is C17H21F2N3O3. The van der Waals surface area contributed by atoms with Crippen molar-refractivity contribution in [3.63, 3.8) is 0 Å². The van der Waals surface area contributed by atoms with Gasteiger partial charge in [-0.2, -0.15) is 13.9 Å². The summed E-state index contributed by atoms with van der Waals surface area (Å²) in [6, 6.07) is 5.79. The van der Waals surface area contributed by atoms with E-state index in [1.807, 2.05) is 20.8 Å². The number of anilines is 1. The van der Waals surface area contributed by atoms with E-state index in [9.17, 15) is 13.6 Å². The number of aromatic nitrogens is 2. The molecule has 8 heteroatoms. The Morgan fingerprint density at radius 3 is 2.44 bits per heavy atom. The molecule has 0 aliphatic rings. The highest BCUT2D eigenvalue weighted by molar-refractivity contribution is 6.04. The molecule has 0 spiro atoms. The summed E-state index contributed by atoms with van der Waals surface area (Å²) in [7, 11) is 3.04. The molecular weight excluding hydrogens is 332 g/mol. The molecule has 136 valence electrons. The van der Waals surface area contributed by atoms with Crippen LogP contribution < -0.4 is 14.8 Å². The van der Waals surface area contributed by atoms with Gasteiger partial charge < -0.3 is 14.8 Å². The zero-order valence-electron chi connectivity index (χ0n) is 14.8. The number of alkyl halides is 2. The third-order valence-electron chi connectivity index (χ3n) is 3.53. The van der Waals surface area contributed by atoms with E-state index in [4.69, 9.17) is 4.74 Å². The largest absolute Gasteiger partial charge is 0.493 e. The molecule has 0 saturated heterocycles. The highest BCUT2D eigenvalue weighted by atomic mass is 19.3. The Hall–Kier alpha value is -2.64. The molecule has 0 unspecified atom stereocenters. The number of ether oxygens (including phenoxy) is 2. The molecule has 0 saturated carbocycles. The average Bonchev–Trinajstić information content (AvgIpc) is 2.88. The van der Waals surface area contributed by atoms with Gasteiger partial charge in [-0.15, -0.1) is 0 Å². The van der Waals surface area contributed by atoms with E-state index in [0.717, 1.165) is 5.69 Å². The SMILES string of the molecule is COc1cc(C(=O)Nc2cc(C(C)(C)C)nn2C)ccc1OC(F)F. The molecule has 6 nitrogen and oxygen atoms in total. The Morgan fingerprint density at radius 2 is 1.92 bits per heavy atom. The maximum atomic E-state index is 12.4. The van der Waals surface area contributed by atoms with Crippen molar-refractivity contribution in [3.05, 3.63) is 35.5 Å². The minimum absolute atomic E-state index is 0.0494. The Bertz CT molecular complexity index is 767. The lowest BCUT2D eigenvalue weighted by Gasteiger charge is -2.13. The summed E-state index contributed by atoms with van der Waals surface area (Å²) in [5.74, 6) is 0.0325. The first-order valence-corrected chi connectivity index (χ1v) is 7.60. The molecule has 2 aromatic rings. The van der Waals surface area contributed by atoms with E-state index in [1.54, 1.807) is 17.8 Å². The zero-order chi connectivity index (χ0) is 18.8. The minimum Gasteiger partial charge on any atom is -0.493 e. The molecule has 1 N–H and O–H groups in total. The molecule has 0 bridgehead atoms. The van der Waals surface area contributed by atoms with E-state index in [-0.39, 0.29) is 22.5 Å². The maximum absolute atomic E-state index is 12.4. The van der Waals surface area contributed by atoms with Crippen molar-refractivity contribution >= 4 is 11.7 Å². The highest BCUT2D eigenvalue weighted by Gasteiger charge is 2.20. The maximum Gasteiger partial charge on any atom is 0.387 e. The summed E-state index contributed by atoms with van der Waals surface area (Å²) >= 11 is 0. The van der Waals surface area contributed by atoms with Gasteiger partial charge in [-0.25, -0.2) is 0 Å². The van der Waals surface area contributed by atoms with Gasteiger partial charge in [-0.05, 0) is 18.2 Å². The van der Waals surface area contributed by atoms with Crippen molar-refractivity contribution in [2.75, 3.05) is 12.4 Å². The molecule has 0 atom stereocenters. The first-order chi connectivity index (χ1) is 11.6. The second-order valence-electron chi connectivity index (χ2n) is 6.49. The number of rotatable bonds is 5. The van der Waals surface area contributed by atoms with Crippen molar-refractivity contribution in [1.82, 2.24) is 9.78 Å². The number of benzene rings is 1. The number of hydrogen-bond acceptors (Lipinski definition) is 4. The Labute approximate surface area is 144 Å². The molecule has 25 heavy (non-hydrogen) atoms. The molecule has 0 radical (unpaired) electrons. The summed E-state index contributed by atoms with van der Waals surface area (Å²) in [4.78, 5) is 12.4. The predicted molar refractivity (Wildman–Crippen MR) is 89.5 cm³/mol. The molecule has 0 fully saturated rings. The van der Waals surface area contributed by atoms with E-state index in [1.165, 1.54) is 25.3 Å². The van der Waals surface area contributed by atoms with Crippen LogP contribution in [0.5, 0.6) is 11.5 Å². The summed E-state index contributed by atoms with van der Waals surface area (Å²) < 4.78 is 35.6. The Balaban J connectivity index is 2.23. The van der Waals surface area contributed by atoms with E-state index >= 15 is 0 Å². The molecule has 0 aliphatic heterocycles.